The molecule has 0 aliphatic carbocycles. The summed E-state index contributed by atoms with van der Waals surface area (Å²) in [4.78, 5) is 44.5. The fourth-order valence-electron chi connectivity index (χ4n) is 6.36. The first-order valence-corrected chi connectivity index (χ1v) is 13.5. The van der Waals surface area contributed by atoms with Gasteiger partial charge in [-0.05, 0) is 49.1 Å². The van der Waals surface area contributed by atoms with E-state index in [0.717, 1.165) is 22.9 Å². The van der Waals surface area contributed by atoms with E-state index >= 15 is 0 Å². The van der Waals surface area contributed by atoms with Crippen LogP contribution >= 0.6 is 11.8 Å². The first-order chi connectivity index (χ1) is 17.5. The Labute approximate surface area is 215 Å². The van der Waals surface area contributed by atoms with Gasteiger partial charge in [-0.1, -0.05) is 36.4 Å². The quantitative estimate of drug-likeness (QED) is 0.413. The van der Waals surface area contributed by atoms with Gasteiger partial charge in [-0.15, -0.1) is 18.3 Å². The van der Waals surface area contributed by atoms with Gasteiger partial charge in [0.25, 0.3) is 5.91 Å². The van der Waals surface area contributed by atoms with Crippen LogP contribution in [0.3, 0.4) is 0 Å². The molecule has 5 atom stereocenters. The number of amides is 2. The second kappa shape index (κ2) is 9.90. The first-order valence-electron chi connectivity index (χ1n) is 12.6. The van der Waals surface area contributed by atoms with Gasteiger partial charge in [0, 0.05) is 30.6 Å². The number of benzene rings is 2. The zero-order valence-corrected chi connectivity index (χ0v) is 21.3. The molecule has 2 aromatic rings. The average molecular weight is 509 g/mol. The van der Waals surface area contributed by atoms with E-state index in [1.54, 1.807) is 34.6 Å². The van der Waals surface area contributed by atoms with Gasteiger partial charge in [0.2, 0.25) is 5.91 Å². The summed E-state index contributed by atoms with van der Waals surface area (Å²) < 4.78 is 4.69. The van der Waals surface area contributed by atoms with Gasteiger partial charge >= 0.3 is 5.97 Å². The molecule has 3 heterocycles. The number of fused-ring (bicyclic) bond motifs is 2. The van der Waals surface area contributed by atoms with E-state index < -0.39 is 22.6 Å². The Morgan fingerprint density at radius 3 is 2.78 bits per heavy atom. The van der Waals surface area contributed by atoms with Crippen LogP contribution in [0.1, 0.15) is 26.2 Å². The van der Waals surface area contributed by atoms with Crippen molar-refractivity contribution in [1.82, 2.24) is 4.90 Å². The fraction of sp³-hybridized carbons (Fsp3) is 0.464. The highest BCUT2D eigenvalue weighted by molar-refractivity contribution is 8.02. The number of esters is 1. The van der Waals surface area contributed by atoms with Crippen molar-refractivity contribution in [2.24, 2.45) is 11.8 Å². The number of aliphatic hydroxyl groups is 1. The molecule has 5 rings (SSSR count). The number of ether oxygens (including phenoxy) is 1. The summed E-state index contributed by atoms with van der Waals surface area (Å²) in [5.74, 6) is -1.82. The lowest BCUT2D eigenvalue weighted by Gasteiger charge is -2.37. The summed E-state index contributed by atoms with van der Waals surface area (Å²) in [6.45, 7) is 6.38. The summed E-state index contributed by atoms with van der Waals surface area (Å²) in [6, 6.07) is 13.2. The Morgan fingerprint density at radius 2 is 2.06 bits per heavy atom. The number of anilines is 1. The van der Waals surface area contributed by atoms with Gasteiger partial charge < -0.3 is 19.6 Å². The summed E-state index contributed by atoms with van der Waals surface area (Å²) in [5.41, 5.74) is 0.743. The number of carbonyl (C=O) groups excluding carboxylic acids is 3. The zero-order valence-electron chi connectivity index (χ0n) is 20.5. The number of rotatable bonds is 9. The van der Waals surface area contributed by atoms with Crippen molar-refractivity contribution < 1.29 is 24.2 Å². The normalized spacial score (nSPS) is 28.4. The molecule has 2 bridgehead atoms. The predicted molar refractivity (Wildman–Crippen MR) is 141 cm³/mol. The summed E-state index contributed by atoms with van der Waals surface area (Å²) >= 11 is 1.62. The predicted octanol–water partition coefficient (Wildman–Crippen LogP) is 3.40. The lowest BCUT2D eigenvalue weighted by molar-refractivity contribution is -0.153. The second-order valence-electron chi connectivity index (χ2n) is 9.69. The summed E-state index contributed by atoms with van der Waals surface area (Å²) in [5, 5.41) is 11.6. The molecule has 1 N–H and O–H groups in total. The van der Waals surface area contributed by atoms with Crippen LogP contribution in [0.4, 0.5) is 5.69 Å². The van der Waals surface area contributed by atoms with E-state index in [-0.39, 0.29) is 42.8 Å². The number of hydrogen-bond acceptors (Lipinski definition) is 6. The number of hydrogen-bond donors (Lipinski definition) is 1. The first kappa shape index (κ1) is 24.8. The van der Waals surface area contributed by atoms with Gasteiger partial charge in [-0.3, -0.25) is 14.4 Å². The third-order valence-corrected chi connectivity index (χ3v) is 9.72. The molecule has 7 nitrogen and oxygen atoms in total. The van der Waals surface area contributed by atoms with Crippen molar-refractivity contribution in [1.29, 1.82) is 0 Å². The van der Waals surface area contributed by atoms with E-state index in [4.69, 9.17) is 4.74 Å². The Kier molecular flexibility index (Phi) is 6.83. The van der Waals surface area contributed by atoms with Crippen molar-refractivity contribution in [3.05, 3.63) is 55.1 Å². The van der Waals surface area contributed by atoms with Gasteiger partial charge in [0.1, 0.15) is 6.04 Å². The van der Waals surface area contributed by atoms with Gasteiger partial charge in [-0.2, -0.15) is 0 Å². The minimum atomic E-state index is -0.720. The molecular weight excluding hydrogens is 476 g/mol. The molecular formula is C28H32N2O5S. The largest absolute Gasteiger partial charge is 0.466 e. The smallest absolute Gasteiger partial charge is 0.310 e. The molecule has 1 spiro atoms. The van der Waals surface area contributed by atoms with Crippen LogP contribution in [0.25, 0.3) is 10.8 Å². The molecule has 2 unspecified atom stereocenters. The van der Waals surface area contributed by atoms with Crippen LogP contribution in [-0.4, -0.2) is 70.1 Å². The highest BCUT2D eigenvalue weighted by atomic mass is 32.2. The van der Waals surface area contributed by atoms with E-state index in [1.807, 2.05) is 42.5 Å². The molecule has 0 saturated carbocycles. The molecule has 3 saturated heterocycles. The van der Waals surface area contributed by atoms with E-state index in [2.05, 4.69) is 6.58 Å². The molecule has 2 amide bonds. The fourth-order valence-corrected chi connectivity index (χ4v) is 8.57. The third-order valence-electron chi connectivity index (χ3n) is 7.77. The average Bonchev–Trinajstić information content (AvgIpc) is 3.53. The molecule has 190 valence electrons. The Morgan fingerprint density at radius 1 is 1.28 bits per heavy atom. The maximum atomic E-state index is 14.4. The molecule has 3 fully saturated rings. The minimum absolute atomic E-state index is 0.0261. The summed E-state index contributed by atoms with van der Waals surface area (Å²) in [7, 11) is 0. The Balaban J connectivity index is 1.56. The zero-order chi connectivity index (χ0) is 25.4. The Hall–Kier alpha value is -2.84. The topological polar surface area (TPSA) is 87.2 Å². The molecule has 8 heteroatoms. The van der Waals surface area contributed by atoms with Crippen LogP contribution in [0, 0.1) is 11.8 Å². The highest BCUT2D eigenvalue weighted by Gasteiger charge is 2.74. The highest BCUT2D eigenvalue weighted by Crippen LogP contribution is 2.66. The van der Waals surface area contributed by atoms with E-state index in [9.17, 15) is 19.5 Å². The van der Waals surface area contributed by atoms with Crippen LogP contribution in [0.5, 0.6) is 0 Å². The number of likely N-dealkylation sites (tertiary alicyclic amines) is 1. The van der Waals surface area contributed by atoms with E-state index in [0.29, 0.717) is 19.4 Å². The van der Waals surface area contributed by atoms with E-state index in [1.165, 1.54) is 0 Å². The van der Waals surface area contributed by atoms with Crippen molar-refractivity contribution in [3.63, 3.8) is 0 Å². The molecule has 36 heavy (non-hydrogen) atoms. The monoisotopic (exact) mass is 508 g/mol. The lowest BCUT2D eigenvalue weighted by atomic mass is 9.71. The summed E-state index contributed by atoms with van der Waals surface area (Å²) in [6.07, 6.45) is 3.53. The number of nitrogens with zero attached hydrogens (tertiary/aromatic N) is 2. The standard InChI is InChI=1S/C28H32N2O5S/c1-3-14-29(20-11-10-18-8-5-6-9-19(18)17-20)26(33)24-28-13-12-21(36-28)22(27(34)35-4-2)23(28)25(32)30(24)15-7-16-31/h3,5-6,8-11,17,21-24,31H,1,4,7,12-16H2,2H3/t21-,22+,23-,24?,28?/m0/s1. The number of carbonyl (C=O) groups is 3. The molecule has 2 aromatic carbocycles. The van der Waals surface area contributed by atoms with Gasteiger partial charge in [-0.25, -0.2) is 0 Å². The minimum Gasteiger partial charge on any atom is -0.466 e. The number of aliphatic hydroxyl groups excluding tert-OH is 1. The van der Waals surface area contributed by atoms with Gasteiger partial charge in [0.05, 0.1) is 23.2 Å². The third kappa shape index (κ3) is 3.82. The molecule has 0 radical (unpaired) electrons. The molecule has 3 aliphatic heterocycles. The van der Waals surface area contributed by atoms with Crippen LogP contribution < -0.4 is 4.90 Å². The Bertz CT molecular complexity index is 1200. The second-order valence-corrected chi connectivity index (χ2v) is 11.3. The van der Waals surface area contributed by atoms with Gasteiger partial charge in [0.15, 0.2) is 0 Å². The van der Waals surface area contributed by atoms with Crippen molar-refractivity contribution in [3.8, 4) is 0 Å². The SMILES string of the molecule is C=CCN(C(=O)C1N(CCCO)C(=O)[C@@H]2[C@H](C(=O)OCC)[C@@H]3CCC12S3)c1ccc2ccccc2c1. The van der Waals surface area contributed by atoms with Crippen molar-refractivity contribution in [2.75, 3.05) is 31.2 Å². The maximum Gasteiger partial charge on any atom is 0.310 e. The van der Waals surface area contributed by atoms with Crippen LogP contribution in [-0.2, 0) is 19.1 Å². The number of thioether (sulfide) groups is 1. The van der Waals surface area contributed by atoms with Crippen molar-refractivity contribution >= 4 is 46.0 Å². The maximum absolute atomic E-state index is 14.4. The molecule has 3 aliphatic rings. The van der Waals surface area contributed by atoms with Crippen LogP contribution in [0.2, 0.25) is 0 Å². The van der Waals surface area contributed by atoms with Crippen LogP contribution in [0.15, 0.2) is 55.1 Å². The molecule has 0 aromatic heterocycles. The lowest BCUT2D eigenvalue weighted by Crippen LogP contribution is -2.55. The van der Waals surface area contributed by atoms with Crippen molar-refractivity contribution in [2.45, 2.75) is 42.2 Å².